The van der Waals surface area contributed by atoms with Gasteiger partial charge in [-0.2, -0.15) is 0 Å². The predicted molar refractivity (Wildman–Crippen MR) is 79.3 cm³/mol. The molecule has 3 rings (SSSR count). The van der Waals surface area contributed by atoms with Crippen molar-refractivity contribution in [2.75, 3.05) is 18.0 Å². The lowest BCUT2D eigenvalue weighted by molar-refractivity contribution is 0.112. The van der Waals surface area contributed by atoms with E-state index >= 15 is 0 Å². The summed E-state index contributed by atoms with van der Waals surface area (Å²) in [4.78, 5) is 19.2. The van der Waals surface area contributed by atoms with Crippen LogP contribution in [-0.4, -0.2) is 24.4 Å². The van der Waals surface area contributed by atoms with Gasteiger partial charge in [-0.05, 0) is 43.4 Å². The molecule has 0 spiro atoms. The second-order valence-corrected chi connectivity index (χ2v) is 7.32. The summed E-state index contributed by atoms with van der Waals surface area (Å²) in [6.07, 6.45) is 6.44. The number of anilines is 1. The van der Waals surface area contributed by atoms with Crippen molar-refractivity contribution in [1.82, 2.24) is 4.98 Å². The molecule has 0 bridgehead atoms. The molecule has 19 heavy (non-hydrogen) atoms. The Kier molecular flexibility index (Phi) is 3.61. The van der Waals surface area contributed by atoms with Crippen molar-refractivity contribution in [2.24, 2.45) is 11.8 Å². The van der Waals surface area contributed by atoms with E-state index in [9.17, 15) is 4.79 Å². The van der Waals surface area contributed by atoms with Gasteiger partial charge in [0.05, 0.1) is 10.6 Å². The second-order valence-electron chi connectivity index (χ2n) is 6.31. The highest BCUT2D eigenvalue weighted by Crippen LogP contribution is 2.38. The molecule has 2 saturated carbocycles. The molecule has 3 nitrogen and oxygen atoms in total. The summed E-state index contributed by atoms with van der Waals surface area (Å²) in [5.74, 6) is 2.06. The van der Waals surface area contributed by atoms with Crippen LogP contribution in [0.4, 0.5) is 5.13 Å². The van der Waals surface area contributed by atoms with Gasteiger partial charge in [-0.25, -0.2) is 4.98 Å². The van der Waals surface area contributed by atoms with E-state index < -0.39 is 0 Å². The Morgan fingerprint density at radius 3 is 2.21 bits per heavy atom. The molecule has 4 heteroatoms. The molecule has 1 heterocycles. The van der Waals surface area contributed by atoms with E-state index in [0.29, 0.717) is 5.92 Å². The summed E-state index contributed by atoms with van der Waals surface area (Å²) < 4.78 is 0. The van der Waals surface area contributed by atoms with Gasteiger partial charge in [-0.3, -0.25) is 4.79 Å². The largest absolute Gasteiger partial charge is 0.348 e. The third kappa shape index (κ3) is 3.16. The van der Waals surface area contributed by atoms with Gasteiger partial charge >= 0.3 is 0 Å². The van der Waals surface area contributed by atoms with Gasteiger partial charge in [-0.15, -0.1) is 0 Å². The highest BCUT2D eigenvalue weighted by molar-refractivity contribution is 7.17. The number of thiazole rings is 1. The standard InChI is InChI=1S/C15H22N2OS/c1-10(2)14-13(9-18)19-15(16-14)17(7-11-3-4-11)8-12-5-6-12/h9-12H,3-8H2,1-2H3. The molecule has 0 saturated heterocycles. The molecule has 0 radical (unpaired) electrons. The third-order valence-corrected chi connectivity index (χ3v) is 5.00. The van der Waals surface area contributed by atoms with E-state index in [4.69, 9.17) is 4.98 Å². The van der Waals surface area contributed by atoms with E-state index in [2.05, 4.69) is 18.7 Å². The predicted octanol–water partition coefficient (Wildman–Crippen LogP) is 3.71. The molecule has 1 aromatic heterocycles. The maximum atomic E-state index is 11.2. The van der Waals surface area contributed by atoms with Crippen molar-refractivity contribution >= 4 is 22.8 Å². The highest BCUT2D eigenvalue weighted by Gasteiger charge is 2.31. The molecule has 0 N–H and O–H groups in total. The van der Waals surface area contributed by atoms with Crippen LogP contribution in [0.5, 0.6) is 0 Å². The van der Waals surface area contributed by atoms with Crippen molar-refractivity contribution in [3.63, 3.8) is 0 Å². The first kappa shape index (κ1) is 13.1. The summed E-state index contributed by atoms with van der Waals surface area (Å²) in [5.41, 5.74) is 0.978. The summed E-state index contributed by atoms with van der Waals surface area (Å²) in [6, 6.07) is 0. The van der Waals surface area contributed by atoms with Crippen LogP contribution in [0.15, 0.2) is 0 Å². The normalized spacial score (nSPS) is 18.9. The third-order valence-electron chi connectivity index (χ3n) is 3.95. The number of rotatable bonds is 7. The van der Waals surface area contributed by atoms with E-state index in [1.165, 1.54) is 25.7 Å². The Balaban J connectivity index is 1.80. The topological polar surface area (TPSA) is 33.2 Å². The SMILES string of the molecule is CC(C)c1nc(N(CC2CC2)CC2CC2)sc1C=O. The van der Waals surface area contributed by atoms with Crippen LogP contribution in [0.2, 0.25) is 0 Å². The van der Waals surface area contributed by atoms with Gasteiger partial charge in [0.2, 0.25) is 0 Å². The zero-order valence-corrected chi connectivity index (χ0v) is 12.6. The summed E-state index contributed by atoms with van der Waals surface area (Å²) >= 11 is 1.58. The van der Waals surface area contributed by atoms with Crippen molar-refractivity contribution in [3.8, 4) is 0 Å². The minimum atomic E-state index is 0.328. The Hall–Kier alpha value is -0.900. The fraction of sp³-hybridized carbons (Fsp3) is 0.733. The number of aromatic nitrogens is 1. The fourth-order valence-corrected chi connectivity index (χ4v) is 3.47. The summed E-state index contributed by atoms with van der Waals surface area (Å²) in [7, 11) is 0. The fourth-order valence-electron chi connectivity index (χ4n) is 2.42. The molecule has 0 aliphatic heterocycles. The Bertz CT molecular complexity index is 447. The Labute approximate surface area is 119 Å². The molecule has 2 fully saturated rings. The number of carbonyl (C=O) groups excluding carboxylic acids is 1. The summed E-state index contributed by atoms with van der Waals surface area (Å²) in [6.45, 7) is 6.50. The van der Waals surface area contributed by atoms with E-state index in [1.807, 2.05) is 0 Å². The summed E-state index contributed by atoms with van der Waals surface area (Å²) in [5, 5.41) is 1.07. The number of aldehydes is 1. The van der Waals surface area contributed by atoms with Gasteiger partial charge in [0, 0.05) is 13.1 Å². The van der Waals surface area contributed by atoms with Gasteiger partial charge < -0.3 is 4.90 Å². The van der Waals surface area contributed by atoms with E-state index in [1.54, 1.807) is 11.3 Å². The van der Waals surface area contributed by atoms with Gasteiger partial charge in [0.25, 0.3) is 0 Å². The number of hydrogen-bond donors (Lipinski definition) is 0. The van der Waals surface area contributed by atoms with E-state index in [-0.39, 0.29) is 0 Å². The highest BCUT2D eigenvalue weighted by atomic mass is 32.1. The number of nitrogens with zero attached hydrogens (tertiary/aromatic N) is 2. The molecular formula is C15H22N2OS. The zero-order valence-electron chi connectivity index (χ0n) is 11.8. The lowest BCUT2D eigenvalue weighted by Crippen LogP contribution is -2.27. The molecule has 2 aliphatic rings. The van der Waals surface area contributed by atoms with Crippen LogP contribution in [0.3, 0.4) is 0 Å². The number of hydrogen-bond acceptors (Lipinski definition) is 4. The smallest absolute Gasteiger partial charge is 0.186 e. The van der Waals surface area contributed by atoms with Gasteiger partial charge in [0.15, 0.2) is 11.4 Å². The maximum Gasteiger partial charge on any atom is 0.186 e. The van der Waals surface area contributed by atoms with Crippen LogP contribution in [0.25, 0.3) is 0 Å². The first-order valence-electron chi connectivity index (χ1n) is 7.38. The molecule has 0 aromatic carbocycles. The first-order valence-corrected chi connectivity index (χ1v) is 8.20. The van der Waals surface area contributed by atoms with Crippen molar-refractivity contribution in [3.05, 3.63) is 10.6 Å². The maximum absolute atomic E-state index is 11.2. The van der Waals surface area contributed by atoms with Crippen LogP contribution >= 0.6 is 11.3 Å². The van der Waals surface area contributed by atoms with Gasteiger partial charge in [-0.1, -0.05) is 25.2 Å². The number of carbonyl (C=O) groups is 1. The minimum Gasteiger partial charge on any atom is -0.348 e. The second kappa shape index (κ2) is 5.23. The Morgan fingerprint density at radius 2 is 1.84 bits per heavy atom. The zero-order chi connectivity index (χ0) is 13.4. The average Bonchev–Trinajstić information content (AvgIpc) is 3.29. The van der Waals surface area contributed by atoms with Crippen molar-refractivity contribution in [2.45, 2.75) is 45.4 Å². The molecule has 104 valence electrons. The van der Waals surface area contributed by atoms with Crippen LogP contribution < -0.4 is 4.90 Å². The van der Waals surface area contributed by atoms with Crippen LogP contribution in [0.1, 0.15) is 60.8 Å². The van der Waals surface area contributed by atoms with Crippen LogP contribution in [0, 0.1) is 11.8 Å². The molecule has 0 unspecified atom stereocenters. The van der Waals surface area contributed by atoms with Crippen molar-refractivity contribution in [1.29, 1.82) is 0 Å². The lowest BCUT2D eigenvalue weighted by atomic mass is 10.1. The Morgan fingerprint density at radius 1 is 1.26 bits per heavy atom. The van der Waals surface area contributed by atoms with Crippen LogP contribution in [-0.2, 0) is 0 Å². The molecule has 0 atom stereocenters. The monoisotopic (exact) mass is 278 g/mol. The molecule has 1 aromatic rings. The minimum absolute atomic E-state index is 0.328. The quantitative estimate of drug-likeness (QED) is 0.713. The van der Waals surface area contributed by atoms with E-state index in [0.717, 1.165) is 46.9 Å². The molecule has 2 aliphatic carbocycles. The molecule has 0 amide bonds. The average molecular weight is 278 g/mol. The van der Waals surface area contributed by atoms with Gasteiger partial charge in [0.1, 0.15) is 0 Å². The first-order chi connectivity index (χ1) is 9.17. The van der Waals surface area contributed by atoms with Crippen molar-refractivity contribution < 1.29 is 4.79 Å². The molecular weight excluding hydrogens is 256 g/mol. The lowest BCUT2D eigenvalue weighted by Gasteiger charge is -2.21.